The van der Waals surface area contributed by atoms with Gasteiger partial charge in [-0.15, -0.1) is 0 Å². The number of halogens is 3. The van der Waals surface area contributed by atoms with Crippen molar-refractivity contribution in [2.45, 2.75) is 176 Å². The molecule has 0 aromatic heterocycles. The van der Waals surface area contributed by atoms with E-state index >= 15 is 0 Å². The van der Waals surface area contributed by atoms with Crippen molar-refractivity contribution in [2.24, 2.45) is 5.41 Å². The second-order valence-electron chi connectivity index (χ2n) is 22.5. The van der Waals surface area contributed by atoms with Gasteiger partial charge in [-0.1, -0.05) is 188 Å². The maximum atomic E-state index is 13.1. The van der Waals surface area contributed by atoms with Crippen molar-refractivity contribution < 1.29 is 32.9 Å². The van der Waals surface area contributed by atoms with Crippen molar-refractivity contribution in [1.29, 1.82) is 0 Å². The molecule has 4 unspecified atom stereocenters. The number of aliphatic hydroxyl groups excluding tert-OH is 2. The molecule has 2 aliphatic carbocycles. The molecular formula is C74H83F3O4. The van der Waals surface area contributed by atoms with Crippen LogP contribution in [0.5, 0.6) is 11.5 Å². The van der Waals surface area contributed by atoms with Gasteiger partial charge in [0.15, 0.2) is 0 Å². The Morgan fingerprint density at radius 1 is 0.617 bits per heavy atom. The van der Waals surface area contributed by atoms with Crippen molar-refractivity contribution in [2.75, 3.05) is 0 Å². The van der Waals surface area contributed by atoms with Gasteiger partial charge in [-0.25, -0.2) is 0 Å². The molecule has 1 spiro atoms. The number of allylic oxidation sites excluding steroid dienone is 2. The predicted molar refractivity (Wildman–Crippen MR) is 328 cm³/mol. The Kier molecular flexibility index (Phi) is 21.7. The molecule has 2 aliphatic rings. The zero-order valence-electron chi connectivity index (χ0n) is 49.2. The number of benzene rings is 7. The minimum Gasteiger partial charge on any atom is -0.489 e. The number of fused-ring (bicyclic) bond motifs is 1. The van der Waals surface area contributed by atoms with Gasteiger partial charge in [0.05, 0.1) is 13.2 Å². The molecule has 0 radical (unpaired) electrons. The summed E-state index contributed by atoms with van der Waals surface area (Å²) in [5, 5.41) is 21.7. The van der Waals surface area contributed by atoms with Gasteiger partial charge in [0.25, 0.3) is 0 Å². The minimum atomic E-state index is -4.56. The second kappa shape index (κ2) is 28.6. The molecular weight excluding hydrogens is 1010 g/mol. The molecule has 0 fully saturated rings. The monoisotopic (exact) mass is 1090 g/mol. The summed E-state index contributed by atoms with van der Waals surface area (Å²) in [5.41, 5.74) is 13.7. The molecule has 4 atom stereocenters. The number of aryl methyl sites for hydroxylation is 1. The standard InChI is InChI=1S/C70H71F3O4.2C2H6/c1-6-54-43-69(64-37-31-59(47-77-61-34-23-52(45-75)24-35-61)66-58(30-36-62(54)67(64)66)29-18-49-14-12-48(2)13-15-49)39-8-7-10-55(11-9-40-69)63(56-25-19-53(20-26-56)46-76-60-32-21-51(44-74)22-33-60)42-65(68(3,4)5)57-27-16-50(17-28-57)38-41-70(71,72)73;2*1-2/h11-17,19-28,30-37,54,63,65,74-75H,6-10,39-40,42-47H2,1-5H3;2*1-2H3/b55-11+;;. The van der Waals surface area contributed by atoms with E-state index in [0.717, 1.165) is 108 Å². The van der Waals surface area contributed by atoms with Crippen LogP contribution in [0.3, 0.4) is 0 Å². The Bertz CT molecular complexity index is 3290. The fourth-order valence-corrected chi connectivity index (χ4v) is 12.0. The number of ether oxygens (including phenoxy) is 2. The highest BCUT2D eigenvalue weighted by molar-refractivity contribution is 5.98. The van der Waals surface area contributed by atoms with Gasteiger partial charge >= 0.3 is 6.18 Å². The highest BCUT2D eigenvalue weighted by atomic mass is 19.4. The topological polar surface area (TPSA) is 58.9 Å². The van der Waals surface area contributed by atoms with Crippen LogP contribution in [0.1, 0.15) is 198 Å². The Hall–Kier alpha value is -7.03. The Morgan fingerprint density at radius 3 is 1.79 bits per heavy atom. The number of hydrogen-bond acceptors (Lipinski definition) is 4. The maximum Gasteiger partial charge on any atom is 0.458 e. The van der Waals surface area contributed by atoms with Gasteiger partial charge in [0.2, 0.25) is 0 Å². The lowest BCUT2D eigenvalue weighted by Crippen LogP contribution is -2.32. The number of aliphatic hydroxyl groups is 2. The van der Waals surface area contributed by atoms with E-state index in [9.17, 15) is 23.4 Å². The molecule has 0 bridgehead atoms. The van der Waals surface area contributed by atoms with Crippen LogP contribution < -0.4 is 9.47 Å². The van der Waals surface area contributed by atoms with E-state index in [2.05, 4.69) is 131 Å². The molecule has 9 rings (SSSR count). The SMILES string of the molecule is CC.CC.CCC1CC2(CC/C=C(/C(CC(c3ccc(C#CC(F)(F)F)cc3)C(C)(C)C)c3ccc(COc4ccc(CO)cc4)cc3)CCCC2)c2ccc(COc3ccc(CO)cc3)c3c(C#Cc4ccc(C)cc4)ccc1c23. The van der Waals surface area contributed by atoms with E-state index < -0.39 is 6.18 Å². The molecule has 0 amide bonds. The van der Waals surface area contributed by atoms with Crippen LogP contribution in [0.4, 0.5) is 13.2 Å². The zero-order valence-corrected chi connectivity index (χ0v) is 49.2. The zero-order chi connectivity index (χ0) is 58.2. The molecule has 81 heavy (non-hydrogen) atoms. The van der Waals surface area contributed by atoms with Crippen LogP contribution in [0.2, 0.25) is 0 Å². The third kappa shape index (κ3) is 15.9. The first-order valence-electron chi connectivity index (χ1n) is 29.4. The third-order valence-corrected chi connectivity index (χ3v) is 16.2. The molecule has 2 N–H and O–H groups in total. The Labute approximate surface area is 481 Å². The number of rotatable bonds is 14. The molecule has 0 saturated carbocycles. The first kappa shape index (κ1) is 61.6. The molecule has 424 valence electrons. The lowest BCUT2D eigenvalue weighted by Gasteiger charge is -2.43. The van der Waals surface area contributed by atoms with E-state index in [1.807, 2.05) is 88.4 Å². The first-order valence-corrected chi connectivity index (χ1v) is 29.4. The van der Waals surface area contributed by atoms with Crippen LogP contribution in [0, 0.1) is 36.0 Å². The lowest BCUT2D eigenvalue weighted by molar-refractivity contribution is -0.0696. The molecule has 7 aromatic rings. The summed E-state index contributed by atoms with van der Waals surface area (Å²) in [4.78, 5) is 0. The summed E-state index contributed by atoms with van der Waals surface area (Å²) >= 11 is 0. The van der Waals surface area contributed by atoms with Crippen LogP contribution in [-0.4, -0.2) is 16.4 Å². The van der Waals surface area contributed by atoms with E-state index in [4.69, 9.17) is 9.47 Å². The molecule has 0 heterocycles. The Balaban J connectivity index is 0.00000231. The van der Waals surface area contributed by atoms with E-state index in [1.54, 1.807) is 12.1 Å². The minimum absolute atomic E-state index is 0.0168. The van der Waals surface area contributed by atoms with Crippen LogP contribution in [-0.2, 0) is 31.8 Å². The average Bonchev–Trinajstić information content (AvgIpc) is 2.80. The van der Waals surface area contributed by atoms with E-state index in [-0.39, 0.29) is 35.9 Å². The van der Waals surface area contributed by atoms with Crippen LogP contribution in [0.15, 0.2) is 157 Å². The van der Waals surface area contributed by atoms with Gasteiger partial charge in [-0.2, -0.15) is 13.2 Å². The number of hydrogen-bond donors (Lipinski definition) is 2. The highest BCUT2D eigenvalue weighted by Crippen LogP contribution is 2.54. The van der Waals surface area contributed by atoms with Crippen LogP contribution >= 0.6 is 0 Å². The molecule has 7 aromatic carbocycles. The van der Waals surface area contributed by atoms with Gasteiger partial charge in [-0.05, 0) is 185 Å². The van der Waals surface area contributed by atoms with Gasteiger partial charge in [0, 0.05) is 33.9 Å². The fraction of sp³-hybridized carbons (Fsp3) is 0.378. The van der Waals surface area contributed by atoms with Crippen molar-refractivity contribution in [3.8, 4) is 35.2 Å². The molecule has 0 aliphatic heterocycles. The highest BCUT2D eigenvalue weighted by Gasteiger charge is 2.41. The van der Waals surface area contributed by atoms with Crippen molar-refractivity contribution in [3.05, 3.63) is 224 Å². The normalized spacial score (nSPS) is 17.3. The quantitative estimate of drug-likeness (QED) is 0.0842. The van der Waals surface area contributed by atoms with Crippen molar-refractivity contribution in [3.63, 3.8) is 0 Å². The second-order valence-corrected chi connectivity index (χ2v) is 22.5. The summed E-state index contributed by atoms with van der Waals surface area (Å²) in [7, 11) is 0. The summed E-state index contributed by atoms with van der Waals surface area (Å²) in [6, 6.07) is 49.1. The van der Waals surface area contributed by atoms with Crippen molar-refractivity contribution >= 4 is 10.8 Å². The van der Waals surface area contributed by atoms with E-state index in [0.29, 0.717) is 24.7 Å². The third-order valence-electron chi connectivity index (χ3n) is 16.2. The smallest absolute Gasteiger partial charge is 0.458 e. The summed E-state index contributed by atoms with van der Waals surface area (Å²) in [6.45, 7) is 20.0. The summed E-state index contributed by atoms with van der Waals surface area (Å²) in [6.07, 6.45) is 7.09. The predicted octanol–water partition coefficient (Wildman–Crippen LogP) is 19.1. The fourth-order valence-electron chi connectivity index (χ4n) is 12.0. The summed E-state index contributed by atoms with van der Waals surface area (Å²) in [5.74, 6) is 12.9. The van der Waals surface area contributed by atoms with Gasteiger partial charge in [-0.3, -0.25) is 0 Å². The molecule has 7 heteroatoms. The summed E-state index contributed by atoms with van der Waals surface area (Å²) < 4.78 is 52.0. The molecule has 4 nitrogen and oxygen atoms in total. The maximum absolute atomic E-state index is 13.1. The van der Waals surface area contributed by atoms with Gasteiger partial charge < -0.3 is 19.7 Å². The number of alkyl halides is 3. The van der Waals surface area contributed by atoms with E-state index in [1.165, 1.54) is 44.5 Å². The lowest BCUT2D eigenvalue weighted by atomic mass is 9.61. The largest absolute Gasteiger partial charge is 0.489 e. The molecule has 0 saturated heterocycles. The van der Waals surface area contributed by atoms with Crippen molar-refractivity contribution in [1.82, 2.24) is 0 Å². The average molecular weight is 1090 g/mol. The van der Waals surface area contributed by atoms with Gasteiger partial charge in [0.1, 0.15) is 24.7 Å². The first-order chi connectivity index (χ1) is 39.1. The Morgan fingerprint density at radius 2 is 1.20 bits per heavy atom. The van der Waals surface area contributed by atoms with Crippen LogP contribution in [0.25, 0.3) is 10.8 Å².